The summed E-state index contributed by atoms with van der Waals surface area (Å²) in [5.74, 6) is -0.660. The van der Waals surface area contributed by atoms with E-state index in [-0.39, 0.29) is 30.6 Å². The van der Waals surface area contributed by atoms with Gasteiger partial charge in [0.2, 0.25) is 0 Å². The molecule has 0 spiro atoms. The topological polar surface area (TPSA) is 90.9 Å². The Morgan fingerprint density at radius 1 is 0.966 bits per heavy atom. The maximum atomic E-state index is 12.1. The third-order valence-electron chi connectivity index (χ3n) is 4.63. The fourth-order valence-electron chi connectivity index (χ4n) is 3.13. The number of carbonyl (C=O) groups excluding carboxylic acids is 2. The lowest BCUT2D eigenvalue weighted by atomic mass is 9.99. The molecule has 29 heavy (non-hydrogen) atoms. The van der Waals surface area contributed by atoms with Crippen LogP contribution in [0.15, 0.2) is 0 Å². The Morgan fingerprint density at radius 2 is 1.55 bits per heavy atom. The third-order valence-corrected chi connectivity index (χ3v) is 4.96. The molecule has 0 aliphatic carbocycles. The standard InChI is InChI=1S/C21H42NO6P/c1-6-7-10-14-18(22-20(24)28-21(2,3)4)15-12-9-8-11-13-17(16-27-29-25)19(23)26-5/h17-18H,6-16,29H2,1-5H3,(H,22,24). The van der Waals surface area contributed by atoms with E-state index < -0.39 is 14.3 Å². The highest BCUT2D eigenvalue weighted by Crippen LogP contribution is 2.17. The second kappa shape index (κ2) is 16.7. The van der Waals surface area contributed by atoms with Crippen molar-refractivity contribution >= 4 is 20.7 Å². The summed E-state index contributed by atoms with van der Waals surface area (Å²) in [4.78, 5) is 23.8. The van der Waals surface area contributed by atoms with Gasteiger partial charge in [0, 0.05) is 6.04 Å². The van der Waals surface area contributed by atoms with Crippen LogP contribution in [-0.4, -0.2) is 37.4 Å². The minimum absolute atomic E-state index is 0.132. The average molecular weight is 436 g/mol. The van der Waals surface area contributed by atoms with Gasteiger partial charge in [-0.15, -0.1) is 0 Å². The van der Waals surface area contributed by atoms with E-state index in [1.54, 1.807) is 0 Å². The molecule has 1 amide bonds. The highest BCUT2D eigenvalue weighted by molar-refractivity contribution is 7.17. The van der Waals surface area contributed by atoms with E-state index in [0.29, 0.717) is 6.42 Å². The summed E-state index contributed by atoms with van der Waals surface area (Å²) >= 11 is 0. The highest BCUT2D eigenvalue weighted by atomic mass is 31.1. The molecule has 0 fully saturated rings. The molecule has 7 nitrogen and oxygen atoms in total. The number of esters is 1. The van der Waals surface area contributed by atoms with Crippen molar-refractivity contribution in [2.45, 2.75) is 104 Å². The van der Waals surface area contributed by atoms with Crippen LogP contribution in [-0.2, 0) is 23.4 Å². The van der Waals surface area contributed by atoms with Crippen molar-refractivity contribution in [3.8, 4) is 0 Å². The Balaban J connectivity index is 4.25. The fourth-order valence-corrected chi connectivity index (χ4v) is 3.44. The van der Waals surface area contributed by atoms with Crippen LogP contribution in [0.5, 0.6) is 0 Å². The maximum absolute atomic E-state index is 12.1. The van der Waals surface area contributed by atoms with Crippen LogP contribution in [0.2, 0.25) is 0 Å². The molecule has 3 unspecified atom stereocenters. The van der Waals surface area contributed by atoms with Crippen molar-refractivity contribution in [1.82, 2.24) is 5.32 Å². The van der Waals surface area contributed by atoms with Gasteiger partial charge in [-0.25, -0.2) is 4.79 Å². The summed E-state index contributed by atoms with van der Waals surface area (Å²) in [6.45, 7) is 7.92. The lowest BCUT2D eigenvalue weighted by molar-refractivity contribution is -0.146. The molecule has 0 aromatic carbocycles. The van der Waals surface area contributed by atoms with E-state index in [4.69, 9.17) is 14.0 Å². The molecule has 0 saturated carbocycles. The highest BCUT2D eigenvalue weighted by Gasteiger charge is 2.20. The molecular weight excluding hydrogens is 393 g/mol. The molecule has 0 radical (unpaired) electrons. The van der Waals surface area contributed by atoms with Gasteiger partial charge in [0.05, 0.1) is 19.6 Å². The first kappa shape index (κ1) is 27.9. The molecule has 8 heteroatoms. The summed E-state index contributed by atoms with van der Waals surface area (Å²) in [6, 6.07) is 0.132. The molecule has 0 bridgehead atoms. The molecule has 0 aromatic heterocycles. The summed E-state index contributed by atoms with van der Waals surface area (Å²) in [5, 5.41) is 3.02. The van der Waals surface area contributed by atoms with E-state index in [1.165, 1.54) is 7.11 Å². The number of methoxy groups -OCH3 is 1. The first-order valence-electron chi connectivity index (χ1n) is 10.9. The lowest BCUT2D eigenvalue weighted by Crippen LogP contribution is -2.39. The lowest BCUT2D eigenvalue weighted by Gasteiger charge is -2.24. The van der Waals surface area contributed by atoms with Crippen molar-refractivity contribution in [3.63, 3.8) is 0 Å². The van der Waals surface area contributed by atoms with Gasteiger partial charge >= 0.3 is 12.1 Å². The molecule has 0 aliphatic heterocycles. The monoisotopic (exact) mass is 435 g/mol. The Bertz CT molecular complexity index is 467. The Labute approximate surface area is 177 Å². The molecule has 0 saturated heterocycles. The van der Waals surface area contributed by atoms with Crippen LogP contribution >= 0.6 is 8.69 Å². The first-order valence-corrected chi connectivity index (χ1v) is 11.8. The van der Waals surface area contributed by atoms with Gasteiger partial charge in [-0.1, -0.05) is 51.9 Å². The van der Waals surface area contributed by atoms with E-state index in [9.17, 15) is 14.2 Å². The number of carbonyl (C=O) groups is 2. The van der Waals surface area contributed by atoms with Gasteiger partial charge in [-0.05, 0) is 40.0 Å². The molecule has 0 aliphatic rings. The zero-order chi connectivity index (χ0) is 22.1. The number of ether oxygens (including phenoxy) is 2. The van der Waals surface area contributed by atoms with Gasteiger partial charge in [0.25, 0.3) is 0 Å². The van der Waals surface area contributed by atoms with Crippen molar-refractivity contribution < 1.29 is 28.2 Å². The van der Waals surface area contributed by atoms with Gasteiger partial charge < -0.3 is 19.3 Å². The molecular formula is C21H42NO6P. The number of amides is 1. The predicted molar refractivity (Wildman–Crippen MR) is 117 cm³/mol. The SMILES string of the molecule is CCCCCC(CCCCCCC(CO[PH2]=O)C(=O)OC)NC(=O)OC(C)(C)C. The van der Waals surface area contributed by atoms with Crippen LogP contribution < -0.4 is 5.32 Å². The molecule has 0 heterocycles. The van der Waals surface area contributed by atoms with Crippen molar-refractivity contribution in [2.75, 3.05) is 13.7 Å². The van der Waals surface area contributed by atoms with E-state index in [0.717, 1.165) is 57.8 Å². The fraction of sp³-hybridized carbons (Fsp3) is 0.905. The number of alkyl carbamates (subject to hydrolysis) is 1. The molecule has 3 atom stereocenters. The van der Waals surface area contributed by atoms with Gasteiger partial charge in [0.1, 0.15) is 5.60 Å². The van der Waals surface area contributed by atoms with E-state index in [1.807, 2.05) is 20.8 Å². The maximum Gasteiger partial charge on any atom is 0.407 e. The minimum Gasteiger partial charge on any atom is -0.469 e. The largest absolute Gasteiger partial charge is 0.469 e. The van der Waals surface area contributed by atoms with E-state index in [2.05, 4.69) is 12.2 Å². The third kappa shape index (κ3) is 16.4. The Hall–Kier alpha value is -1.07. The summed E-state index contributed by atoms with van der Waals surface area (Å²) in [7, 11) is 0.0524. The number of hydrogen-bond donors (Lipinski definition) is 1. The number of unbranched alkanes of at least 4 members (excludes halogenated alkanes) is 5. The second-order valence-corrected chi connectivity index (χ2v) is 9.01. The van der Waals surface area contributed by atoms with Crippen LogP contribution in [0, 0.1) is 5.92 Å². The smallest absolute Gasteiger partial charge is 0.407 e. The van der Waals surface area contributed by atoms with Crippen LogP contribution in [0.25, 0.3) is 0 Å². The van der Waals surface area contributed by atoms with Crippen LogP contribution in [0.4, 0.5) is 4.79 Å². The zero-order valence-electron chi connectivity index (χ0n) is 19.0. The quantitative estimate of drug-likeness (QED) is 0.202. The predicted octanol–water partition coefficient (Wildman–Crippen LogP) is 5.28. The molecule has 0 rings (SSSR count). The molecule has 0 aromatic rings. The average Bonchev–Trinajstić information content (AvgIpc) is 2.64. The number of nitrogens with one attached hydrogen (secondary N) is 1. The normalized spacial score (nSPS) is 14.0. The minimum atomic E-state index is -1.30. The van der Waals surface area contributed by atoms with Crippen LogP contribution in [0.3, 0.4) is 0 Å². The summed E-state index contributed by atoms with van der Waals surface area (Å²) < 4.78 is 25.6. The van der Waals surface area contributed by atoms with Gasteiger partial charge in [-0.2, -0.15) is 0 Å². The van der Waals surface area contributed by atoms with Crippen molar-refractivity contribution in [1.29, 1.82) is 0 Å². The second-order valence-electron chi connectivity index (χ2n) is 8.48. The summed E-state index contributed by atoms with van der Waals surface area (Å²) in [6.07, 6.45) is 9.54. The summed E-state index contributed by atoms with van der Waals surface area (Å²) in [5.41, 5.74) is -0.495. The van der Waals surface area contributed by atoms with Gasteiger partial charge in [-0.3, -0.25) is 9.36 Å². The molecule has 172 valence electrons. The first-order chi connectivity index (χ1) is 13.7. The van der Waals surface area contributed by atoms with Crippen molar-refractivity contribution in [3.05, 3.63) is 0 Å². The van der Waals surface area contributed by atoms with E-state index >= 15 is 0 Å². The number of rotatable bonds is 16. The zero-order valence-corrected chi connectivity index (χ0v) is 20.1. The van der Waals surface area contributed by atoms with Crippen molar-refractivity contribution in [2.24, 2.45) is 5.92 Å². The van der Waals surface area contributed by atoms with Crippen LogP contribution in [0.1, 0.15) is 91.9 Å². The Kier molecular flexibility index (Phi) is 16.1. The molecule has 1 N–H and O–H groups in total. The Morgan fingerprint density at radius 3 is 2.07 bits per heavy atom. The van der Waals surface area contributed by atoms with Gasteiger partial charge in [0.15, 0.2) is 8.69 Å². The number of hydrogen-bond acceptors (Lipinski definition) is 6.